The average molecular weight is 821 g/mol. The van der Waals surface area contributed by atoms with Crippen LogP contribution in [0.2, 0.25) is 0 Å². The van der Waals surface area contributed by atoms with E-state index in [1.807, 2.05) is 5.32 Å². The minimum absolute atomic E-state index is 0.00390. The van der Waals surface area contributed by atoms with E-state index in [-0.39, 0.29) is 34.4 Å². The van der Waals surface area contributed by atoms with E-state index < -0.39 is 138 Å². The summed E-state index contributed by atoms with van der Waals surface area (Å²) in [6.45, 7) is 5.05. The Hall–Kier alpha value is -5.31. The topological polar surface area (TPSA) is 262 Å². The first-order valence-corrected chi connectivity index (χ1v) is 18.0. The first-order chi connectivity index (χ1) is 27.2. The number of fused-ring (bicyclic) bond motifs is 3. The van der Waals surface area contributed by atoms with Crippen LogP contribution >= 0.6 is 0 Å². The van der Waals surface area contributed by atoms with Crippen LogP contribution in [0.1, 0.15) is 96.0 Å². The zero-order valence-electron chi connectivity index (χ0n) is 31.6. The molecule has 0 saturated carbocycles. The molecule has 58 heavy (non-hydrogen) atoms. The minimum Gasteiger partial charge on any atom is -0.507 e. The minimum atomic E-state index is -5.35. The summed E-state index contributed by atoms with van der Waals surface area (Å²) in [5.41, 5.74) is 4.69. The van der Waals surface area contributed by atoms with Gasteiger partial charge in [0.25, 0.3) is 0 Å². The lowest BCUT2D eigenvalue weighted by atomic mass is 9.72. The van der Waals surface area contributed by atoms with Crippen LogP contribution in [0.5, 0.6) is 17.2 Å². The van der Waals surface area contributed by atoms with Crippen LogP contribution in [0.15, 0.2) is 23.3 Å². The number of nitrogens with one attached hydrogen (secondary N) is 1. The smallest absolute Gasteiger partial charge is 0.471 e. The number of alkyl halides is 3. The third kappa shape index (κ3) is 7.68. The van der Waals surface area contributed by atoms with E-state index in [1.165, 1.54) is 39.2 Å². The molecule has 0 radical (unpaired) electrons. The van der Waals surface area contributed by atoms with Crippen LogP contribution < -0.4 is 10.1 Å². The number of esters is 1. The Kier molecular flexibility index (Phi) is 11.5. The van der Waals surface area contributed by atoms with Gasteiger partial charge in [-0.25, -0.2) is 0 Å². The van der Waals surface area contributed by atoms with Crippen molar-refractivity contribution in [2.75, 3.05) is 7.11 Å². The quantitative estimate of drug-likeness (QED) is 0.0792. The highest BCUT2D eigenvalue weighted by Gasteiger charge is 2.51. The Morgan fingerprint density at radius 3 is 2.21 bits per heavy atom. The molecule has 2 aliphatic carbocycles. The SMILES string of the molecule is COc1cccc2c1C(=O)c1c(O)c3c(c(O)c1C2=O)C[C@@](O)(C(C)=O)C[C@@H]3O[C@H]1C[C@H](NC(=O)C(F)(F)F)[C@H](O[C@H]2C[C@H](N=[N+]=[N-])[C@H](OC(C)=O)[C@H](C)O2)[C@H](C)O1. The molecule has 2 aromatic rings. The van der Waals surface area contributed by atoms with Gasteiger partial charge in [-0.15, -0.1) is 0 Å². The van der Waals surface area contributed by atoms with Crippen molar-refractivity contribution in [1.82, 2.24) is 5.32 Å². The lowest BCUT2D eigenvalue weighted by Gasteiger charge is -2.45. The van der Waals surface area contributed by atoms with E-state index in [9.17, 15) is 52.5 Å². The van der Waals surface area contributed by atoms with Gasteiger partial charge in [-0.2, -0.15) is 13.2 Å². The second-order valence-corrected chi connectivity index (χ2v) is 14.5. The molecular weight excluding hydrogens is 781 g/mol. The van der Waals surface area contributed by atoms with Gasteiger partial charge in [-0.3, -0.25) is 24.0 Å². The van der Waals surface area contributed by atoms with E-state index in [4.69, 9.17) is 34.0 Å². The Morgan fingerprint density at radius 2 is 1.60 bits per heavy atom. The van der Waals surface area contributed by atoms with Gasteiger partial charge in [-0.1, -0.05) is 17.2 Å². The molecule has 0 unspecified atom stereocenters. The van der Waals surface area contributed by atoms with Crippen molar-refractivity contribution in [2.24, 2.45) is 5.11 Å². The molecule has 0 bridgehead atoms. The summed E-state index contributed by atoms with van der Waals surface area (Å²) in [5, 5.41) is 40.5. The van der Waals surface area contributed by atoms with Crippen molar-refractivity contribution in [3.05, 3.63) is 62.0 Å². The van der Waals surface area contributed by atoms with Crippen LogP contribution in [-0.2, 0) is 44.5 Å². The van der Waals surface area contributed by atoms with Crippen molar-refractivity contribution in [3.63, 3.8) is 0 Å². The molecule has 0 spiro atoms. The highest BCUT2D eigenvalue weighted by molar-refractivity contribution is 6.31. The number of ether oxygens (including phenoxy) is 6. The number of aliphatic hydroxyl groups is 1. The van der Waals surface area contributed by atoms with Gasteiger partial charge in [0.05, 0.1) is 54.2 Å². The fraction of sp³-hybridized carbons (Fsp3) is 0.541. The predicted molar refractivity (Wildman–Crippen MR) is 187 cm³/mol. The fourth-order valence-electron chi connectivity index (χ4n) is 8.04. The molecule has 2 aliphatic heterocycles. The van der Waals surface area contributed by atoms with Crippen molar-refractivity contribution < 1.29 is 80.9 Å². The largest absolute Gasteiger partial charge is 0.507 e. The van der Waals surface area contributed by atoms with Gasteiger partial charge in [-0.05, 0) is 32.4 Å². The van der Waals surface area contributed by atoms with Crippen LogP contribution in [0.4, 0.5) is 13.2 Å². The number of methoxy groups -OCH3 is 1. The highest BCUT2D eigenvalue weighted by atomic mass is 19.4. The number of phenolic OH excluding ortho intramolecular Hbond substituents is 2. The average Bonchev–Trinajstić information content (AvgIpc) is 3.13. The van der Waals surface area contributed by atoms with Crippen LogP contribution in [0.25, 0.3) is 10.4 Å². The summed E-state index contributed by atoms with van der Waals surface area (Å²) in [5.74, 6) is -7.26. The Bertz CT molecular complexity index is 2110. The number of ketones is 3. The van der Waals surface area contributed by atoms with Crippen molar-refractivity contribution in [2.45, 2.75) is 120 Å². The second kappa shape index (κ2) is 15.8. The number of carbonyl (C=O) groups is 5. The zero-order valence-corrected chi connectivity index (χ0v) is 31.6. The fourth-order valence-corrected chi connectivity index (χ4v) is 8.04. The molecule has 1 amide bonds. The van der Waals surface area contributed by atoms with Gasteiger partial charge < -0.3 is 49.1 Å². The van der Waals surface area contributed by atoms with E-state index in [0.29, 0.717) is 0 Å². The summed E-state index contributed by atoms with van der Waals surface area (Å²) in [6, 6.07) is 1.61. The Morgan fingerprint density at radius 1 is 0.966 bits per heavy atom. The van der Waals surface area contributed by atoms with Crippen LogP contribution in [-0.4, -0.2) is 113 Å². The first kappa shape index (κ1) is 42.3. The number of halogens is 3. The number of nitrogens with zero attached hydrogens (tertiary/aromatic N) is 3. The van der Waals surface area contributed by atoms with Crippen LogP contribution in [0.3, 0.4) is 0 Å². The van der Waals surface area contributed by atoms with E-state index in [1.54, 1.807) is 0 Å². The normalized spacial score (nSPS) is 30.5. The van der Waals surface area contributed by atoms with E-state index in [0.717, 1.165) is 13.8 Å². The Labute approximate surface area is 327 Å². The third-order valence-electron chi connectivity index (χ3n) is 10.7. The summed E-state index contributed by atoms with van der Waals surface area (Å²) in [4.78, 5) is 67.4. The lowest BCUT2D eigenvalue weighted by Crippen LogP contribution is -2.60. The van der Waals surface area contributed by atoms with Gasteiger partial charge in [0, 0.05) is 54.2 Å². The molecule has 2 saturated heterocycles. The number of carbonyl (C=O) groups excluding carboxylic acids is 5. The van der Waals surface area contributed by atoms with Crippen LogP contribution in [0, 0.1) is 0 Å². The molecule has 6 rings (SSSR count). The first-order valence-electron chi connectivity index (χ1n) is 18.0. The summed E-state index contributed by atoms with van der Waals surface area (Å²) < 4.78 is 75.5. The summed E-state index contributed by atoms with van der Waals surface area (Å²) >= 11 is 0. The molecule has 0 aromatic heterocycles. The number of phenols is 2. The molecule has 2 fully saturated rings. The van der Waals surface area contributed by atoms with Crippen molar-refractivity contribution in [3.8, 4) is 17.2 Å². The zero-order chi connectivity index (χ0) is 42.6. The maximum atomic E-state index is 14.0. The number of amides is 1. The monoisotopic (exact) mass is 820 g/mol. The predicted octanol–water partition coefficient (Wildman–Crippen LogP) is 3.52. The van der Waals surface area contributed by atoms with Gasteiger partial charge in [0.2, 0.25) is 5.78 Å². The standard InChI is InChI=1S/C37H39F3N4O14/c1-13-33(58-24-10-20(43-44-41)34(14(2)55-24)56-16(4)46)19(42-35(51)37(38,39)40)9-23(54-13)57-22-12-36(52,15(3)45)11-18-26(22)32(50)28-27(30(18)48)29(47)17-7-6-8-21(53-5)25(17)31(28)49/h6-8,13-14,19-20,22-24,33-34,48,50,52H,9-12H2,1-5H3,(H,42,51)/t13-,14-,19-,20-,22-,23-,24-,33+,34+,36-/m0/s1. The van der Waals surface area contributed by atoms with Crippen molar-refractivity contribution in [1.29, 1.82) is 0 Å². The number of Topliss-reactive ketones (excluding diaryl/α,β-unsaturated/α-hetero) is 1. The molecule has 4 aliphatic rings. The number of aromatic hydroxyl groups is 2. The number of benzene rings is 2. The van der Waals surface area contributed by atoms with Crippen molar-refractivity contribution >= 4 is 29.2 Å². The Balaban J connectivity index is 1.35. The molecule has 312 valence electrons. The second-order valence-electron chi connectivity index (χ2n) is 14.5. The van der Waals surface area contributed by atoms with E-state index >= 15 is 0 Å². The van der Waals surface area contributed by atoms with Gasteiger partial charge in [0.15, 0.2) is 24.1 Å². The highest BCUT2D eigenvalue weighted by Crippen LogP contribution is 2.52. The number of hydrogen-bond acceptors (Lipinski definition) is 15. The number of hydrogen-bond donors (Lipinski definition) is 4. The molecule has 2 aromatic carbocycles. The lowest BCUT2D eigenvalue weighted by molar-refractivity contribution is -0.297. The van der Waals surface area contributed by atoms with Gasteiger partial charge in [0.1, 0.15) is 35.1 Å². The summed E-state index contributed by atoms with van der Waals surface area (Å²) in [6.07, 6.45) is -16.4. The molecular formula is C37H39F3N4O14. The number of rotatable bonds is 9. The number of azide groups is 1. The van der Waals surface area contributed by atoms with E-state index in [2.05, 4.69) is 10.0 Å². The molecule has 18 nitrogen and oxygen atoms in total. The molecule has 2 heterocycles. The summed E-state index contributed by atoms with van der Waals surface area (Å²) in [7, 11) is 1.26. The maximum Gasteiger partial charge on any atom is 0.471 e. The molecule has 21 heteroatoms. The van der Waals surface area contributed by atoms with Gasteiger partial charge >= 0.3 is 18.1 Å². The molecule has 10 atom stereocenters. The third-order valence-corrected chi connectivity index (χ3v) is 10.7. The molecule has 4 N–H and O–H groups in total. The maximum absolute atomic E-state index is 14.0.